The fourth-order valence-electron chi connectivity index (χ4n) is 2.45. The van der Waals surface area contributed by atoms with Crippen molar-refractivity contribution in [3.63, 3.8) is 0 Å². The number of benzene rings is 1. The second-order valence-corrected chi connectivity index (χ2v) is 7.73. The number of anilines is 1. The number of alkyl halides is 3. The van der Waals surface area contributed by atoms with Gasteiger partial charge in [0.05, 0.1) is 11.9 Å². The molecule has 142 valence electrons. The number of halogens is 3. The second kappa shape index (κ2) is 7.10. The predicted octanol–water partition coefficient (Wildman–Crippen LogP) is 2.52. The Labute approximate surface area is 150 Å². The van der Waals surface area contributed by atoms with Gasteiger partial charge < -0.3 is 10.5 Å². The molecule has 0 aliphatic heterocycles. The lowest BCUT2D eigenvalue weighted by atomic mass is 9.94. The average Bonchev–Trinajstić information content (AvgIpc) is 2.53. The van der Waals surface area contributed by atoms with Crippen LogP contribution in [0.3, 0.4) is 0 Å². The lowest BCUT2D eigenvalue weighted by molar-refractivity contribution is -0.137. The van der Waals surface area contributed by atoms with Crippen LogP contribution in [0.5, 0.6) is 5.75 Å². The van der Waals surface area contributed by atoms with Crippen molar-refractivity contribution in [1.82, 2.24) is 9.97 Å². The smallest absolute Gasteiger partial charge is 0.421 e. The molecule has 0 radical (unpaired) electrons. The molecule has 26 heavy (non-hydrogen) atoms. The Morgan fingerprint density at radius 3 is 2.35 bits per heavy atom. The standard InChI is InChI=1S/C16H18F3N3O3S/c1-15(2,26(23)24)11-5-4-10(25-3)6-9(11)7-13-21-8-12(14(20)22-13)16(17,18)19/h4-6,8,26H,7H2,1-3H3,(H2,20,21,22). The molecule has 0 aliphatic rings. The summed E-state index contributed by atoms with van der Waals surface area (Å²) in [6.07, 6.45) is -4.02. The Kier molecular flexibility index (Phi) is 5.45. The van der Waals surface area contributed by atoms with E-state index in [1.807, 2.05) is 0 Å². The number of ether oxygens (including phenoxy) is 1. The van der Waals surface area contributed by atoms with E-state index in [9.17, 15) is 21.6 Å². The molecule has 1 aromatic carbocycles. The predicted molar refractivity (Wildman–Crippen MR) is 90.6 cm³/mol. The van der Waals surface area contributed by atoms with Crippen LogP contribution in [-0.2, 0) is 28.0 Å². The maximum absolute atomic E-state index is 12.8. The third-order valence-corrected chi connectivity index (χ3v) is 5.10. The number of hydrogen-bond donors (Lipinski definition) is 2. The van der Waals surface area contributed by atoms with Crippen LogP contribution in [0.25, 0.3) is 0 Å². The molecule has 2 aromatic rings. The monoisotopic (exact) mass is 389 g/mol. The molecule has 0 amide bonds. The minimum absolute atomic E-state index is 0.00146. The van der Waals surface area contributed by atoms with Gasteiger partial charge >= 0.3 is 6.18 Å². The van der Waals surface area contributed by atoms with Gasteiger partial charge in [-0.1, -0.05) is 6.07 Å². The van der Waals surface area contributed by atoms with Gasteiger partial charge in [-0.25, -0.2) is 18.4 Å². The minimum atomic E-state index is -4.65. The van der Waals surface area contributed by atoms with Gasteiger partial charge in [0, 0.05) is 12.6 Å². The molecule has 0 fully saturated rings. The highest BCUT2D eigenvalue weighted by atomic mass is 32.2. The van der Waals surface area contributed by atoms with Crippen molar-refractivity contribution in [2.45, 2.75) is 31.2 Å². The molecule has 0 unspecified atom stereocenters. The zero-order valence-electron chi connectivity index (χ0n) is 14.3. The molecule has 0 saturated carbocycles. The molecule has 0 saturated heterocycles. The molecule has 0 aliphatic carbocycles. The number of nitrogen functional groups attached to an aromatic ring is 1. The van der Waals surface area contributed by atoms with E-state index < -0.39 is 33.0 Å². The van der Waals surface area contributed by atoms with Crippen LogP contribution >= 0.6 is 0 Å². The molecule has 1 aromatic heterocycles. The Morgan fingerprint density at radius 2 is 1.85 bits per heavy atom. The quantitative estimate of drug-likeness (QED) is 0.763. The summed E-state index contributed by atoms with van der Waals surface area (Å²) in [5, 5.41) is 0. The third kappa shape index (κ3) is 4.06. The van der Waals surface area contributed by atoms with E-state index in [-0.39, 0.29) is 12.2 Å². The Hall–Kier alpha value is -2.36. The van der Waals surface area contributed by atoms with Gasteiger partial charge in [-0.3, -0.25) is 0 Å². The van der Waals surface area contributed by atoms with Crippen LogP contribution < -0.4 is 10.5 Å². The van der Waals surface area contributed by atoms with Crippen molar-refractivity contribution in [2.75, 3.05) is 12.8 Å². The second-order valence-electron chi connectivity index (χ2n) is 6.10. The molecule has 2 N–H and O–H groups in total. The lowest BCUT2D eigenvalue weighted by Crippen LogP contribution is -2.21. The van der Waals surface area contributed by atoms with Gasteiger partial charge in [-0.15, -0.1) is 0 Å². The Bertz CT molecular complexity index is 888. The minimum Gasteiger partial charge on any atom is -0.497 e. The van der Waals surface area contributed by atoms with Gasteiger partial charge in [0.2, 0.25) is 0 Å². The number of thiol groups is 1. The number of nitrogens with two attached hydrogens (primary N) is 1. The summed E-state index contributed by atoms with van der Waals surface area (Å²) in [6, 6.07) is 4.82. The van der Waals surface area contributed by atoms with Crippen LogP contribution in [0.15, 0.2) is 24.4 Å². The summed E-state index contributed by atoms with van der Waals surface area (Å²) in [4.78, 5) is 7.44. The molecule has 6 nitrogen and oxygen atoms in total. The molecule has 0 spiro atoms. The normalized spacial score (nSPS) is 12.4. The first-order valence-electron chi connectivity index (χ1n) is 7.47. The summed E-state index contributed by atoms with van der Waals surface area (Å²) in [7, 11) is -1.36. The maximum Gasteiger partial charge on any atom is 0.421 e. The van der Waals surface area contributed by atoms with Crippen LogP contribution in [-0.4, -0.2) is 25.5 Å². The maximum atomic E-state index is 12.8. The highest BCUT2D eigenvalue weighted by molar-refractivity contribution is 7.73. The number of nitrogens with zero attached hydrogens (tertiary/aromatic N) is 2. The average molecular weight is 389 g/mol. The first-order valence-corrected chi connectivity index (χ1v) is 8.65. The largest absolute Gasteiger partial charge is 0.497 e. The van der Waals surface area contributed by atoms with Gasteiger partial charge in [0.25, 0.3) is 0 Å². The van der Waals surface area contributed by atoms with Crippen LogP contribution in [0.1, 0.15) is 36.4 Å². The van der Waals surface area contributed by atoms with Crippen LogP contribution in [0, 0.1) is 0 Å². The molecule has 0 atom stereocenters. The van der Waals surface area contributed by atoms with Crippen molar-refractivity contribution < 1.29 is 26.3 Å². The highest BCUT2D eigenvalue weighted by Gasteiger charge is 2.34. The van der Waals surface area contributed by atoms with Crippen molar-refractivity contribution >= 4 is 16.5 Å². The summed E-state index contributed by atoms with van der Waals surface area (Å²) in [6.45, 7) is 3.07. The van der Waals surface area contributed by atoms with E-state index in [0.29, 0.717) is 23.1 Å². The van der Waals surface area contributed by atoms with E-state index in [1.165, 1.54) is 21.0 Å². The molecule has 0 bridgehead atoms. The molecule has 1 heterocycles. The van der Waals surface area contributed by atoms with E-state index >= 15 is 0 Å². The van der Waals surface area contributed by atoms with E-state index in [4.69, 9.17) is 10.5 Å². The van der Waals surface area contributed by atoms with Crippen molar-refractivity contribution in [3.8, 4) is 5.75 Å². The first-order chi connectivity index (χ1) is 12.0. The van der Waals surface area contributed by atoms with Crippen molar-refractivity contribution in [2.24, 2.45) is 0 Å². The van der Waals surface area contributed by atoms with Crippen molar-refractivity contribution in [1.29, 1.82) is 0 Å². The Balaban J connectivity index is 2.50. The SMILES string of the molecule is COc1ccc(C(C)(C)[SH](=O)=O)c(Cc2ncc(C(F)(F)F)c(N)n2)c1. The molecular weight excluding hydrogens is 371 g/mol. The van der Waals surface area contributed by atoms with Crippen LogP contribution in [0.4, 0.5) is 19.0 Å². The first kappa shape index (κ1) is 20.0. The fourth-order valence-corrected chi connectivity index (χ4v) is 2.86. The highest BCUT2D eigenvalue weighted by Crippen LogP contribution is 2.33. The van der Waals surface area contributed by atoms with Crippen molar-refractivity contribution in [3.05, 3.63) is 46.9 Å². The summed E-state index contributed by atoms with van der Waals surface area (Å²) in [5.41, 5.74) is 5.28. The van der Waals surface area contributed by atoms with Gasteiger partial charge in [0.1, 0.15) is 33.7 Å². The number of rotatable bonds is 5. The number of hydrogen-bond acceptors (Lipinski definition) is 6. The van der Waals surface area contributed by atoms with E-state index in [1.54, 1.807) is 18.2 Å². The summed E-state index contributed by atoms with van der Waals surface area (Å²) >= 11 is 0. The number of methoxy groups -OCH3 is 1. The van der Waals surface area contributed by atoms with Gasteiger partial charge in [0.15, 0.2) is 0 Å². The third-order valence-electron chi connectivity index (χ3n) is 3.95. The molecular formula is C16H18F3N3O3S. The molecule has 10 heteroatoms. The number of aromatic nitrogens is 2. The topological polar surface area (TPSA) is 95.2 Å². The van der Waals surface area contributed by atoms with Gasteiger partial charge in [-0.05, 0) is 37.1 Å². The summed E-state index contributed by atoms with van der Waals surface area (Å²) < 4.78 is 65.5. The summed E-state index contributed by atoms with van der Waals surface area (Å²) in [5.74, 6) is -0.163. The zero-order chi connectivity index (χ0) is 19.7. The van der Waals surface area contributed by atoms with Gasteiger partial charge in [-0.2, -0.15) is 13.2 Å². The fraction of sp³-hybridized carbons (Fsp3) is 0.375. The lowest BCUT2D eigenvalue weighted by Gasteiger charge is -2.22. The van der Waals surface area contributed by atoms with E-state index in [0.717, 1.165) is 0 Å². The van der Waals surface area contributed by atoms with Crippen LogP contribution in [0.2, 0.25) is 0 Å². The van der Waals surface area contributed by atoms with E-state index in [2.05, 4.69) is 9.97 Å². The zero-order valence-corrected chi connectivity index (χ0v) is 15.2. The Morgan fingerprint density at radius 1 is 1.19 bits per heavy atom. The molecule has 2 rings (SSSR count).